The minimum Gasteiger partial charge on any atom is -0.379 e. The van der Waals surface area contributed by atoms with Crippen molar-refractivity contribution in [2.24, 2.45) is 11.7 Å². The summed E-state index contributed by atoms with van der Waals surface area (Å²) >= 11 is 0. The first-order chi connectivity index (χ1) is 23.2. The van der Waals surface area contributed by atoms with E-state index in [0.717, 1.165) is 39.3 Å². The van der Waals surface area contributed by atoms with Crippen molar-refractivity contribution in [2.45, 2.75) is 124 Å². The minimum absolute atomic E-state index is 0.000657. The van der Waals surface area contributed by atoms with E-state index in [1.54, 1.807) is 11.1 Å². The molecule has 13 atom stereocenters. The zero-order chi connectivity index (χ0) is 33.1. The van der Waals surface area contributed by atoms with Crippen molar-refractivity contribution in [2.75, 3.05) is 52.5 Å². The molecule has 5 aliphatic heterocycles. The number of nitrogens with two attached hydrogens (primary N) is 1. The van der Waals surface area contributed by atoms with Crippen LogP contribution in [0.25, 0.3) is 0 Å². The highest BCUT2D eigenvalue weighted by Gasteiger charge is 2.61. The first-order valence-corrected chi connectivity index (χ1v) is 18.2. The van der Waals surface area contributed by atoms with E-state index >= 15 is 4.39 Å². The molecule has 0 aromatic carbocycles. The summed E-state index contributed by atoms with van der Waals surface area (Å²) < 4.78 is 35.3. The van der Waals surface area contributed by atoms with Gasteiger partial charge in [-0.25, -0.2) is 4.39 Å². The highest BCUT2D eigenvalue weighted by Crippen LogP contribution is 2.47. The van der Waals surface area contributed by atoms with Gasteiger partial charge in [-0.1, -0.05) is 0 Å². The van der Waals surface area contributed by atoms with Crippen molar-refractivity contribution in [1.82, 2.24) is 25.3 Å². The number of ketones is 1. The van der Waals surface area contributed by atoms with Crippen molar-refractivity contribution in [3.05, 3.63) is 21.9 Å². The van der Waals surface area contributed by atoms with Gasteiger partial charge in [0.15, 0.2) is 5.78 Å². The van der Waals surface area contributed by atoms with Gasteiger partial charge in [0.25, 0.3) is 5.91 Å². The molecule has 48 heavy (non-hydrogen) atoms. The van der Waals surface area contributed by atoms with Crippen molar-refractivity contribution >= 4 is 11.7 Å². The van der Waals surface area contributed by atoms with E-state index in [2.05, 4.69) is 20.4 Å². The van der Waals surface area contributed by atoms with Gasteiger partial charge < -0.3 is 40.4 Å². The number of hydrogen-bond acceptors (Lipinski definition) is 12. The largest absolute Gasteiger partial charge is 0.379 e. The average Bonchev–Trinajstić information content (AvgIpc) is 3.53. The maximum Gasteiger partial charge on any atom is 0.259 e. The number of nitrogens with zero attached hydrogens (tertiary/aromatic N) is 4. The third kappa shape index (κ3) is 6.07. The van der Waals surface area contributed by atoms with Crippen molar-refractivity contribution in [3.8, 4) is 0 Å². The van der Waals surface area contributed by atoms with E-state index in [0.29, 0.717) is 58.2 Å². The number of carbonyl (C=O) groups is 2. The number of morpholine rings is 3. The number of hydrogen-bond donors (Lipinski definition) is 3. The smallest absolute Gasteiger partial charge is 0.259 e. The summed E-state index contributed by atoms with van der Waals surface area (Å²) in [5.74, 6) is -1.34. The highest BCUT2D eigenvalue weighted by molar-refractivity contribution is 6.20. The molecule has 14 nitrogen and oxygen atoms in total. The summed E-state index contributed by atoms with van der Waals surface area (Å²) in [6, 6.07) is -1.84. The standard InChI is InChI=1S/C33H50FN7O7/c34-22-13-20-30-32(29(22)36-5-1-6-38-8-10-46-11-9-38)48-28-14-24-27(47-26-12-19(41(44)45)2-3-23(26)37-24)15-25(28)40(30)17-21(31(20)42)33(43)39-7-4-18(35)16-39/h17-20,22-30,32,36-37H,1-16,35H2/t18-,19?,20?,22?,23?,24?,25?,26?,27?,28?,29?,30?,32?/m0/s1. The first kappa shape index (κ1) is 32.9. The minimum atomic E-state index is -1.30. The lowest BCUT2D eigenvalue weighted by Crippen LogP contribution is -2.75. The lowest BCUT2D eigenvalue weighted by atomic mass is 9.69. The number of carbonyl (C=O) groups excluding carboxylic acids is 2. The molecule has 0 spiro atoms. The molecular formula is C33H50FN7O7. The predicted octanol–water partition coefficient (Wildman–Crippen LogP) is -0.425. The van der Waals surface area contributed by atoms with Crippen LogP contribution in [-0.2, 0) is 23.8 Å². The number of alkyl halides is 1. The number of halogens is 1. The van der Waals surface area contributed by atoms with E-state index in [-0.39, 0.29) is 71.1 Å². The summed E-state index contributed by atoms with van der Waals surface area (Å²) in [6.07, 6.45) is 3.57. The molecule has 12 unspecified atom stereocenters. The molecule has 4 saturated heterocycles. The lowest BCUT2D eigenvalue weighted by molar-refractivity contribution is -0.529. The summed E-state index contributed by atoms with van der Waals surface area (Å²) in [5.41, 5.74) is 6.23. The van der Waals surface area contributed by atoms with Crippen molar-refractivity contribution in [1.29, 1.82) is 0 Å². The summed E-state index contributed by atoms with van der Waals surface area (Å²) in [5, 5.41) is 18.8. The van der Waals surface area contributed by atoms with Crippen LogP contribution in [0.3, 0.4) is 0 Å². The third-order valence-corrected chi connectivity index (χ3v) is 12.5. The lowest BCUT2D eigenvalue weighted by Gasteiger charge is -2.61. The van der Waals surface area contributed by atoms with Gasteiger partial charge in [-0.05, 0) is 51.6 Å². The summed E-state index contributed by atoms with van der Waals surface area (Å²) in [6.45, 7) is 5.70. The average molecular weight is 676 g/mol. The molecule has 8 rings (SSSR count). The van der Waals surface area contributed by atoms with E-state index in [4.69, 9.17) is 19.9 Å². The van der Waals surface area contributed by atoms with Gasteiger partial charge in [0.05, 0.1) is 61.3 Å². The number of nitro groups is 1. The van der Waals surface area contributed by atoms with Gasteiger partial charge >= 0.3 is 0 Å². The van der Waals surface area contributed by atoms with Crippen LogP contribution >= 0.6 is 0 Å². The number of nitrogens with one attached hydrogen (secondary N) is 2. The highest BCUT2D eigenvalue weighted by atomic mass is 19.1. The number of rotatable bonds is 7. The fourth-order valence-corrected chi connectivity index (χ4v) is 9.98. The van der Waals surface area contributed by atoms with Crippen LogP contribution in [0.5, 0.6) is 0 Å². The molecule has 1 amide bonds. The van der Waals surface area contributed by atoms with Crippen LogP contribution in [0.4, 0.5) is 4.39 Å². The molecule has 266 valence electrons. The Morgan fingerprint density at radius 3 is 2.65 bits per heavy atom. The van der Waals surface area contributed by atoms with Crippen LogP contribution in [0, 0.1) is 16.0 Å². The maximum absolute atomic E-state index is 16.3. The fourth-order valence-electron chi connectivity index (χ4n) is 9.98. The molecule has 0 bridgehead atoms. The first-order valence-electron chi connectivity index (χ1n) is 18.2. The Balaban J connectivity index is 1.04. The van der Waals surface area contributed by atoms with Gasteiger partial charge in [0, 0.05) is 74.2 Å². The van der Waals surface area contributed by atoms with Gasteiger partial charge in [0.2, 0.25) is 6.04 Å². The molecule has 3 aliphatic carbocycles. The zero-order valence-electron chi connectivity index (χ0n) is 27.5. The molecule has 5 heterocycles. The normalized spacial score (nSPS) is 44.2. The molecule has 4 N–H and O–H groups in total. The van der Waals surface area contributed by atoms with Crippen molar-refractivity contribution < 1.29 is 33.1 Å². The van der Waals surface area contributed by atoms with Crippen molar-refractivity contribution in [3.63, 3.8) is 0 Å². The summed E-state index contributed by atoms with van der Waals surface area (Å²) in [4.78, 5) is 45.4. The van der Waals surface area contributed by atoms with Gasteiger partial charge in [-0.3, -0.25) is 24.6 Å². The SMILES string of the molecule is N[C@H]1CCN(C(=O)C2=CN3C4CC5OC6CC([N+](=O)[O-])CCC6NC5CC4OC4C(NCCCN5CCOCC5)C(F)CC(C2=O)C43)C1. The van der Waals surface area contributed by atoms with Gasteiger partial charge in [-0.2, -0.15) is 0 Å². The van der Waals surface area contributed by atoms with E-state index < -0.39 is 36.3 Å². The number of fused-ring (bicyclic) bond motifs is 4. The van der Waals surface area contributed by atoms with Crippen LogP contribution < -0.4 is 16.4 Å². The zero-order valence-corrected chi connectivity index (χ0v) is 27.5. The second-order valence-electron chi connectivity index (χ2n) is 15.3. The Bertz CT molecular complexity index is 1290. The van der Waals surface area contributed by atoms with Gasteiger partial charge in [0.1, 0.15) is 6.17 Å². The summed E-state index contributed by atoms with van der Waals surface area (Å²) in [7, 11) is 0. The second-order valence-corrected chi connectivity index (χ2v) is 15.3. The van der Waals surface area contributed by atoms with Gasteiger partial charge in [-0.15, -0.1) is 0 Å². The van der Waals surface area contributed by atoms with Crippen LogP contribution in [0.1, 0.15) is 51.4 Å². The number of amides is 1. The van der Waals surface area contributed by atoms with E-state index in [1.807, 2.05) is 0 Å². The molecule has 7 fully saturated rings. The second kappa shape index (κ2) is 13.5. The van der Waals surface area contributed by atoms with E-state index in [1.165, 1.54) is 0 Å². The number of ether oxygens (including phenoxy) is 3. The van der Waals surface area contributed by atoms with Crippen LogP contribution in [0.15, 0.2) is 11.8 Å². The number of likely N-dealkylation sites (tertiary alicyclic amines) is 1. The molecule has 0 aromatic rings. The third-order valence-electron chi connectivity index (χ3n) is 12.5. The fraction of sp³-hybridized carbons (Fsp3) is 0.879. The molecule has 3 saturated carbocycles. The monoisotopic (exact) mass is 675 g/mol. The quantitative estimate of drug-likeness (QED) is 0.138. The Kier molecular flexibility index (Phi) is 9.22. The predicted molar refractivity (Wildman–Crippen MR) is 170 cm³/mol. The van der Waals surface area contributed by atoms with E-state index in [9.17, 15) is 19.7 Å². The molecular weight excluding hydrogens is 625 g/mol. The van der Waals surface area contributed by atoms with Crippen LogP contribution in [-0.4, -0.2) is 157 Å². The number of Topliss-reactive ketones (excluding diaryl/α,β-unsaturated/α-hetero) is 1. The Morgan fingerprint density at radius 2 is 1.88 bits per heavy atom. The Morgan fingerprint density at radius 1 is 1.06 bits per heavy atom. The Hall–Kier alpha value is -2.27. The molecule has 8 aliphatic rings. The topological polar surface area (TPSA) is 165 Å². The Labute approximate surface area is 280 Å². The van der Waals surface area contributed by atoms with Crippen LogP contribution in [0.2, 0.25) is 0 Å². The maximum atomic E-state index is 16.3. The molecule has 15 heteroatoms. The molecule has 0 aromatic heterocycles. The molecule has 0 radical (unpaired) electrons.